The molecule has 2 radical (unpaired) electrons. The van der Waals surface area contributed by atoms with Gasteiger partial charge in [0.1, 0.15) is 0 Å². The van der Waals surface area contributed by atoms with Gasteiger partial charge >= 0.3 is 0 Å². The van der Waals surface area contributed by atoms with Crippen molar-refractivity contribution >= 4 is 0 Å². The molecule has 0 atom stereocenters. The van der Waals surface area contributed by atoms with E-state index in [0.29, 0.717) is 0 Å². The van der Waals surface area contributed by atoms with Gasteiger partial charge in [-0.25, -0.2) is 0 Å². The van der Waals surface area contributed by atoms with Gasteiger partial charge in [0.25, 0.3) is 0 Å². The van der Waals surface area contributed by atoms with Gasteiger partial charge in [-0.1, -0.05) is 13.8 Å². The Morgan fingerprint density at radius 3 is 1.12 bits per heavy atom. The Kier molecular flexibility index (Phi) is 16.4. The van der Waals surface area contributed by atoms with E-state index < -0.39 is 6.29 Å². The summed E-state index contributed by atoms with van der Waals surface area (Å²) in [6.07, 6.45) is -1.15. The maximum atomic E-state index is 8.19. The van der Waals surface area contributed by atoms with E-state index in [1.165, 1.54) is 0 Å². The summed E-state index contributed by atoms with van der Waals surface area (Å²) in [4.78, 5) is 0. The second-order valence-corrected chi connectivity index (χ2v) is 1.66. The van der Waals surface area contributed by atoms with Crippen molar-refractivity contribution in [3.63, 3.8) is 0 Å². The molecule has 0 bridgehead atoms. The number of rotatable bonds is 1. The van der Waals surface area contributed by atoms with Gasteiger partial charge in [0, 0.05) is 44.9 Å². The van der Waals surface area contributed by atoms with Crippen molar-refractivity contribution in [2.45, 2.75) is 20.1 Å². The second kappa shape index (κ2) is 8.17. The average Bonchev–Trinajstić information content (AvgIpc) is 1.36. The molecular formula is C4H10O2Rh2. The van der Waals surface area contributed by atoms with Crippen LogP contribution in [0.2, 0.25) is 0 Å². The van der Waals surface area contributed by atoms with Gasteiger partial charge in [-0.05, 0) is 0 Å². The first-order valence-corrected chi connectivity index (χ1v) is 2.00. The molecule has 0 amide bonds. The van der Waals surface area contributed by atoms with Crippen LogP contribution < -0.4 is 0 Å². The van der Waals surface area contributed by atoms with E-state index >= 15 is 0 Å². The van der Waals surface area contributed by atoms with Crippen LogP contribution in [0.3, 0.4) is 0 Å². The number of hydrogen-bond donors (Lipinski definition) is 2. The Bertz CT molecular complexity index is 33.0. The summed E-state index contributed by atoms with van der Waals surface area (Å²) in [5, 5.41) is 16.4. The third-order valence-corrected chi connectivity index (χ3v) is 0.596. The van der Waals surface area contributed by atoms with Crippen molar-refractivity contribution in [1.29, 1.82) is 0 Å². The molecular weight excluding hydrogens is 286 g/mol. The van der Waals surface area contributed by atoms with Gasteiger partial charge in [-0.3, -0.25) is 0 Å². The third kappa shape index (κ3) is 10.2. The van der Waals surface area contributed by atoms with E-state index in [-0.39, 0.29) is 44.9 Å². The predicted octanol–water partition coefficient (Wildman–Crippen LogP) is -0.0519. The molecule has 0 aliphatic carbocycles. The van der Waals surface area contributed by atoms with Crippen LogP contribution in [0.1, 0.15) is 13.8 Å². The quantitative estimate of drug-likeness (QED) is 0.526. The summed E-state index contributed by atoms with van der Waals surface area (Å²) >= 11 is 0. The van der Waals surface area contributed by atoms with Crippen LogP contribution in [-0.4, -0.2) is 16.5 Å². The third-order valence-electron chi connectivity index (χ3n) is 0.596. The molecule has 0 aromatic rings. The molecule has 0 unspecified atom stereocenters. The van der Waals surface area contributed by atoms with E-state index in [4.69, 9.17) is 10.2 Å². The minimum absolute atomic E-state index is 0. The van der Waals surface area contributed by atoms with Gasteiger partial charge in [-0.2, -0.15) is 0 Å². The SMILES string of the molecule is CC(C)C(O)O.[Rh].[Rh]. The molecule has 2 N–H and O–H groups in total. The number of aliphatic hydroxyl groups is 2. The van der Waals surface area contributed by atoms with Gasteiger partial charge in [-0.15, -0.1) is 0 Å². The monoisotopic (exact) mass is 296 g/mol. The maximum Gasteiger partial charge on any atom is 0.153 e. The fourth-order valence-corrected chi connectivity index (χ4v) is 0. The molecule has 56 valence electrons. The molecule has 0 aliphatic rings. The molecule has 0 fully saturated rings. The topological polar surface area (TPSA) is 40.5 Å². The molecule has 0 rings (SSSR count). The zero-order valence-electron chi connectivity index (χ0n) is 4.72. The predicted molar refractivity (Wildman–Crippen MR) is 23.1 cm³/mol. The van der Waals surface area contributed by atoms with Crippen molar-refractivity contribution in [3.8, 4) is 0 Å². The normalized spacial score (nSPS) is 8.25. The molecule has 8 heavy (non-hydrogen) atoms. The minimum atomic E-state index is -1.15. The van der Waals surface area contributed by atoms with Crippen LogP contribution in [0.15, 0.2) is 0 Å². The summed E-state index contributed by atoms with van der Waals surface area (Å²) in [7, 11) is 0. The second-order valence-electron chi connectivity index (χ2n) is 1.66. The molecule has 0 aromatic carbocycles. The zero-order chi connectivity index (χ0) is 5.15. The van der Waals surface area contributed by atoms with Crippen LogP contribution >= 0.6 is 0 Å². The fourth-order valence-electron chi connectivity index (χ4n) is 0. The minimum Gasteiger partial charge on any atom is -0.368 e. The van der Waals surface area contributed by atoms with Crippen molar-refractivity contribution in [2.75, 3.05) is 0 Å². The Morgan fingerprint density at radius 2 is 1.12 bits per heavy atom. The first-order valence-electron chi connectivity index (χ1n) is 2.00. The van der Waals surface area contributed by atoms with E-state index in [9.17, 15) is 0 Å². The van der Waals surface area contributed by atoms with Crippen LogP contribution in [0.4, 0.5) is 0 Å². The van der Waals surface area contributed by atoms with Crippen molar-refractivity contribution in [2.24, 2.45) is 5.92 Å². The smallest absolute Gasteiger partial charge is 0.153 e. The van der Waals surface area contributed by atoms with Crippen LogP contribution in [0.25, 0.3) is 0 Å². The Morgan fingerprint density at radius 1 is 1.00 bits per heavy atom. The summed E-state index contributed by atoms with van der Waals surface area (Å²) < 4.78 is 0. The summed E-state index contributed by atoms with van der Waals surface area (Å²) in [6, 6.07) is 0. The summed E-state index contributed by atoms with van der Waals surface area (Å²) in [5.41, 5.74) is 0. The largest absolute Gasteiger partial charge is 0.368 e. The standard InChI is InChI=1S/C4H10O2.2Rh/c1-3(2)4(5)6;;/h3-6H,1-2H3;;. The molecule has 0 aromatic heterocycles. The number of aliphatic hydroxyl groups excluding tert-OH is 1. The van der Waals surface area contributed by atoms with Crippen molar-refractivity contribution < 1.29 is 49.2 Å². The molecule has 0 spiro atoms. The van der Waals surface area contributed by atoms with Gasteiger partial charge in [0.05, 0.1) is 0 Å². The van der Waals surface area contributed by atoms with E-state index in [2.05, 4.69) is 0 Å². The maximum absolute atomic E-state index is 8.19. The number of hydrogen-bond acceptors (Lipinski definition) is 2. The van der Waals surface area contributed by atoms with E-state index in [1.54, 1.807) is 13.8 Å². The van der Waals surface area contributed by atoms with Gasteiger partial charge in [0.15, 0.2) is 6.29 Å². The summed E-state index contributed by atoms with van der Waals surface area (Å²) in [6.45, 7) is 3.48. The van der Waals surface area contributed by atoms with Crippen molar-refractivity contribution in [1.82, 2.24) is 0 Å². The van der Waals surface area contributed by atoms with Crippen LogP contribution in [0.5, 0.6) is 0 Å². The zero-order valence-corrected chi connectivity index (χ0v) is 7.99. The Labute approximate surface area is 75.2 Å². The first-order chi connectivity index (χ1) is 2.64. The molecule has 0 saturated carbocycles. The summed E-state index contributed by atoms with van der Waals surface area (Å²) in [5.74, 6) is -0.0370. The average molecular weight is 296 g/mol. The first kappa shape index (κ1) is 16.1. The Balaban J connectivity index is -0.000000125. The van der Waals surface area contributed by atoms with E-state index in [1.807, 2.05) is 0 Å². The fraction of sp³-hybridized carbons (Fsp3) is 1.00. The van der Waals surface area contributed by atoms with Crippen LogP contribution in [-0.2, 0) is 39.0 Å². The molecule has 0 saturated heterocycles. The molecule has 4 heteroatoms. The molecule has 0 aliphatic heterocycles. The van der Waals surface area contributed by atoms with Crippen LogP contribution in [0, 0.1) is 5.92 Å². The van der Waals surface area contributed by atoms with E-state index in [0.717, 1.165) is 0 Å². The Hall–Kier alpha value is 1.17. The molecule has 0 heterocycles. The van der Waals surface area contributed by atoms with Gasteiger partial charge < -0.3 is 10.2 Å². The van der Waals surface area contributed by atoms with Gasteiger partial charge in [0.2, 0.25) is 0 Å². The molecule has 2 nitrogen and oxygen atoms in total. The van der Waals surface area contributed by atoms with Crippen molar-refractivity contribution in [3.05, 3.63) is 0 Å².